The van der Waals surface area contributed by atoms with Gasteiger partial charge in [-0.1, -0.05) is 30.3 Å². The van der Waals surface area contributed by atoms with Crippen LogP contribution in [-0.4, -0.2) is 33.9 Å². The first-order valence-electron chi connectivity index (χ1n) is 6.63. The fourth-order valence-corrected chi connectivity index (χ4v) is 2.11. The van der Waals surface area contributed by atoms with Crippen LogP contribution in [0.15, 0.2) is 42.7 Å². The molecule has 1 aromatic heterocycles. The second kappa shape index (κ2) is 6.86. The molecule has 0 saturated heterocycles. The smallest absolute Gasteiger partial charge is 0.312 e. The van der Waals surface area contributed by atoms with Gasteiger partial charge in [0.1, 0.15) is 0 Å². The molecule has 0 aliphatic carbocycles. The number of aromatic nitrogens is 2. The number of nitrogens with one attached hydrogen (secondary N) is 1. The zero-order valence-corrected chi connectivity index (χ0v) is 11.5. The van der Waals surface area contributed by atoms with Crippen LogP contribution in [0.2, 0.25) is 0 Å². The summed E-state index contributed by atoms with van der Waals surface area (Å²) in [5, 5.41) is 16.6. The minimum absolute atomic E-state index is 0.430. The number of carboxylic acid groups (broad SMARTS) is 1. The summed E-state index contributed by atoms with van der Waals surface area (Å²) < 4.78 is 1.76. The molecule has 1 atom stereocenters. The fraction of sp³-hybridized carbons (Fsp3) is 0.333. The summed E-state index contributed by atoms with van der Waals surface area (Å²) in [6, 6.07) is 9.31. The quantitative estimate of drug-likeness (QED) is 0.749. The topological polar surface area (TPSA) is 67.2 Å². The number of carbonyl (C=O) groups is 1. The van der Waals surface area contributed by atoms with Crippen molar-refractivity contribution in [2.24, 2.45) is 7.05 Å². The molecule has 5 heteroatoms. The van der Waals surface area contributed by atoms with Crippen molar-refractivity contribution in [3.8, 4) is 0 Å². The highest BCUT2D eigenvalue weighted by atomic mass is 16.4. The molecule has 2 N–H and O–H groups in total. The molecule has 0 radical (unpaired) electrons. The number of rotatable bonds is 7. The SMILES string of the molecule is Cn1cc(CCNCC(C(=O)O)c2ccccc2)cn1. The molecule has 5 nitrogen and oxygen atoms in total. The first-order valence-corrected chi connectivity index (χ1v) is 6.63. The van der Waals surface area contributed by atoms with Gasteiger partial charge in [0.05, 0.1) is 12.1 Å². The number of aryl methyl sites for hydroxylation is 1. The van der Waals surface area contributed by atoms with Crippen molar-refractivity contribution in [2.45, 2.75) is 12.3 Å². The summed E-state index contributed by atoms with van der Waals surface area (Å²) in [4.78, 5) is 11.3. The van der Waals surface area contributed by atoms with E-state index in [0.29, 0.717) is 6.54 Å². The summed E-state index contributed by atoms with van der Waals surface area (Å²) in [5.41, 5.74) is 1.97. The van der Waals surface area contributed by atoms with Gasteiger partial charge in [0, 0.05) is 19.8 Å². The lowest BCUT2D eigenvalue weighted by Gasteiger charge is -2.13. The first kappa shape index (κ1) is 14.3. The third-order valence-electron chi connectivity index (χ3n) is 3.20. The Balaban J connectivity index is 1.83. The monoisotopic (exact) mass is 273 g/mol. The number of carboxylic acids is 1. The Labute approximate surface area is 118 Å². The van der Waals surface area contributed by atoms with Crippen molar-refractivity contribution in [3.63, 3.8) is 0 Å². The Hall–Kier alpha value is -2.14. The maximum atomic E-state index is 11.3. The van der Waals surface area contributed by atoms with E-state index in [-0.39, 0.29) is 0 Å². The van der Waals surface area contributed by atoms with Crippen LogP contribution < -0.4 is 5.32 Å². The second-order valence-corrected chi connectivity index (χ2v) is 4.78. The molecule has 106 valence electrons. The van der Waals surface area contributed by atoms with Crippen LogP contribution in [0.3, 0.4) is 0 Å². The summed E-state index contributed by atoms with van der Waals surface area (Å²) >= 11 is 0. The van der Waals surface area contributed by atoms with Crippen LogP contribution in [-0.2, 0) is 18.3 Å². The third-order valence-corrected chi connectivity index (χ3v) is 3.20. The Kier molecular flexibility index (Phi) is 4.90. The summed E-state index contributed by atoms with van der Waals surface area (Å²) in [6.45, 7) is 1.17. The van der Waals surface area contributed by atoms with Gasteiger partial charge in [-0.15, -0.1) is 0 Å². The molecule has 0 amide bonds. The first-order chi connectivity index (χ1) is 9.66. The maximum absolute atomic E-state index is 11.3. The van der Waals surface area contributed by atoms with Crippen LogP contribution in [0.1, 0.15) is 17.0 Å². The average molecular weight is 273 g/mol. The van der Waals surface area contributed by atoms with Gasteiger partial charge in [-0.2, -0.15) is 5.10 Å². The molecule has 1 aromatic carbocycles. The predicted molar refractivity (Wildman–Crippen MR) is 76.6 cm³/mol. The molecule has 2 aromatic rings. The van der Waals surface area contributed by atoms with Crippen molar-refractivity contribution in [1.29, 1.82) is 0 Å². The highest BCUT2D eigenvalue weighted by Gasteiger charge is 2.18. The van der Waals surface area contributed by atoms with E-state index in [1.54, 1.807) is 4.68 Å². The number of hydrogen-bond acceptors (Lipinski definition) is 3. The molecular weight excluding hydrogens is 254 g/mol. The Bertz CT molecular complexity index is 551. The zero-order chi connectivity index (χ0) is 14.4. The Morgan fingerprint density at radius 1 is 1.40 bits per heavy atom. The largest absolute Gasteiger partial charge is 0.481 e. The van der Waals surface area contributed by atoms with E-state index in [1.807, 2.05) is 49.8 Å². The third kappa shape index (κ3) is 3.93. The normalized spacial score (nSPS) is 12.2. The predicted octanol–water partition coefficient (Wildman–Crippen LogP) is 1.42. The van der Waals surface area contributed by atoms with Crippen LogP contribution >= 0.6 is 0 Å². The van der Waals surface area contributed by atoms with Crippen molar-refractivity contribution in [1.82, 2.24) is 15.1 Å². The minimum atomic E-state index is -0.801. The number of nitrogens with zero attached hydrogens (tertiary/aromatic N) is 2. The van der Waals surface area contributed by atoms with Gasteiger partial charge in [0.2, 0.25) is 0 Å². The van der Waals surface area contributed by atoms with Crippen molar-refractivity contribution < 1.29 is 9.90 Å². The molecule has 1 heterocycles. The van der Waals surface area contributed by atoms with Gasteiger partial charge < -0.3 is 10.4 Å². The van der Waals surface area contributed by atoms with E-state index in [2.05, 4.69) is 10.4 Å². The maximum Gasteiger partial charge on any atom is 0.312 e. The summed E-state index contributed by atoms with van der Waals surface area (Å²) in [6.07, 6.45) is 4.63. The fourth-order valence-electron chi connectivity index (χ4n) is 2.11. The second-order valence-electron chi connectivity index (χ2n) is 4.78. The van der Waals surface area contributed by atoms with Crippen LogP contribution in [0.4, 0.5) is 0 Å². The lowest BCUT2D eigenvalue weighted by molar-refractivity contribution is -0.138. The van der Waals surface area contributed by atoms with E-state index >= 15 is 0 Å². The number of hydrogen-bond donors (Lipinski definition) is 2. The van der Waals surface area contributed by atoms with E-state index in [1.165, 1.54) is 0 Å². The molecule has 1 unspecified atom stereocenters. The highest BCUT2D eigenvalue weighted by molar-refractivity contribution is 5.76. The van der Waals surface area contributed by atoms with Gasteiger partial charge >= 0.3 is 5.97 Å². The molecule has 0 aliphatic rings. The van der Waals surface area contributed by atoms with Gasteiger partial charge in [0.25, 0.3) is 0 Å². The zero-order valence-electron chi connectivity index (χ0n) is 11.5. The van der Waals surface area contributed by atoms with Crippen LogP contribution in [0.5, 0.6) is 0 Å². The van der Waals surface area contributed by atoms with E-state index in [4.69, 9.17) is 0 Å². The van der Waals surface area contributed by atoms with Crippen LogP contribution in [0, 0.1) is 0 Å². The van der Waals surface area contributed by atoms with Crippen LogP contribution in [0.25, 0.3) is 0 Å². The molecule has 0 aliphatic heterocycles. The molecule has 20 heavy (non-hydrogen) atoms. The molecule has 2 rings (SSSR count). The van der Waals surface area contributed by atoms with Gasteiger partial charge in [-0.3, -0.25) is 9.48 Å². The Morgan fingerprint density at radius 2 is 2.15 bits per heavy atom. The van der Waals surface area contributed by atoms with Gasteiger partial charge in [-0.25, -0.2) is 0 Å². The van der Waals surface area contributed by atoms with Gasteiger partial charge in [0.15, 0.2) is 0 Å². The molecular formula is C15H19N3O2. The lowest BCUT2D eigenvalue weighted by Crippen LogP contribution is -2.28. The standard InChI is InChI=1S/C15H19N3O2/c1-18-11-12(9-17-18)7-8-16-10-14(15(19)20)13-5-3-2-4-6-13/h2-6,9,11,14,16H,7-8,10H2,1H3,(H,19,20). The van der Waals surface area contributed by atoms with Gasteiger partial charge in [-0.05, 0) is 24.1 Å². The average Bonchev–Trinajstić information content (AvgIpc) is 2.85. The molecule has 0 bridgehead atoms. The molecule has 0 saturated carbocycles. The molecule has 0 fully saturated rings. The number of benzene rings is 1. The minimum Gasteiger partial charge on any atom is -0.481 e. The molecule has 0 spiro atoms. The Morgan fingerprint density at radius 3 is 2.75 bits per heavy atom. The highest BCUT2D eigenvalue weighted by Crippen LogP contribution is 2.14. The number of aliphatic carboxylic acids is 1. The summed E-state index contributed by atoms with van der Waals surface area (Å²) in [5.74, 6) is -1.31. The van der Waals surface area contributed by atoms with Crippen molar-refractivity contribution in [3.05, 3.63) is 53.9 Å². The van der Waals surface area contributed by atoms with E-state index < -0.39 is 11.9 Å². The van der Waals surface area contributed by atoms with E-state index in [0.717, 1.165) is 24.1 Å². The lowest BCUT2D eigenvalue weighted by atomic mass is 9.99. The summed E-state index contributed by atoms with van der Waals surface area (Å²) in [7, 11) is 1.88. The van der Waals surface area contributed by atoms with E-state index in [9.17, 15) is 9.90 Å². The van der Waals surface area contributed by atoms with Crippen molar-refractivity contribution >= 4 is 5.97 Å². The van der Waals surface area contributed by atoms with Crippen molar-refractivity contribution in [2.75, 3.05) is 13.1 Å².